The van der Waals surface area contributed by atoms with Gasteiger partial charge in [0.2, 0.25) is 0 Å². The number of nitrogens with zero attached hydrogens (tertiary/aromatic N) is 2. The van der Waals surface area contributed by atoms with E-state index < -0.39 is 11.8 Å². The minimum atomic E-state index is -0.468. The van der Waals surface area contributed by atoms with Crippen molar-refractivity contribution in [1.29, 1.82) is 0 Å². The maximum Gasteiger partial charge on any atom is 0.312 e. The maximum atomic E-state index is 12.7. The quantitative estimate of drug-likeness (QED) is 0.727. The number of amides is 3. The second-order valence-electron chi connectivity index (χ2n) is 8.57. The predicted molar refractivity (Wildman–Crippen MR) is 121 cm³/mol. The molecule has 1 N–H and O–H groups in total. The number of rotatable bonds is 6. The third-order valence-electron chi connectivity index (χ3n) is 5.79. The normalized spacial score (nSPS) is 15.4. The van der Waals surface area contributed by atoms with Crippen LogP contribution in [0.25, 0.3) is 0 Å². The molecule has 1 unspecified atom stereocenters. The topological polar surface area (TPSA) is 69.7 Å². The van der Waals surface area contributed by atoms with E-state index in [0.29, 0.717) is 25.2 Å². The minimum Gasteiger partial charge on any atom is -0.346 e. The highest BCUT2D eigenvalue weighted by Crippen LogP contribution is 2.19. The van der Waals surface area contributed by atoms with E-state index in [2.05, 4.69) is 24.4 Å². The highest BCUT2D eigenvalue weighted by molar-refractivity contribution is 6.35. The summed E-state index contributed by atoms with van der Waals surface area (Å²) in [6, 6.07) is 13.3. The molecule has 1 atom stereocenters. The van der Waals surface area contributed by atoms with Crippen molar-refractivity contribution < 1.29 is 14.4 Å². The molecule has 1 fully saturated rings. The van der Waals surface area contributed by atoms with E-state index in [1.54, 1.807) is 21.9 Å². The van der Waals surface area contributed by atoms with Gasteiger partial charge < -0.3 is 15.1 Å². The van der Waals surface area contributed by atoms with Gasteiger partial charge in [-0.1, -0.05) is 35.9 Å². The van der Waals surface area contributed by atoms with Gasteiger partial charge in [-0.15, -0.1) is 0 Å². The maximum absolute atomic E-state index is 12.7. The Morgan fingerprint density at radius 1 is 0.968 bits per heavy atom. The molecule has 1 saturated heterocycles. The number of hydrogen-bond donors (Lipinski definition) is 1. The van der Waals surface area contributed by atoms with Gasteiger partial charge in [-0.2, -0.15) is 0 Å². The summed E-state index contributed by atoms with van der Waals surface area (Å²) in [7, 11) is 0. The predicted octanol–water partition coefficient (Wildman–Crippen LogP) is 3.37. The first-order chi connectivity index (χ1) is 14.7. The molecule has 0 radical (unpaired) electrons. The zero-order chi connectivity index (χ0) is 22.7. The molecule has 0 aromatic heterocycles. The zero-order valence-corrected chi connectivity index (χ0v) is 18.9. The number of piperazine rings is 1. The van der Waals surface area contributed by atoms with E-state index in [-0.39, 0.29) is 18.0 Å². The lowest BCUT2D eigenvalue weighted by Gasteiger charge is -2.36. The smallest absolute Gasteiger partial charge is 0.312 e. The van der Waals surface area contributed by atoms with Crippen molar-refractivity contribution in [3.05, 3.63) is 70.3 Å². The number of nitrogens with one attached hydrogen (secondary N) is 1. The summed E-state index contributed by atoms with van der Waals surface area (Å²) in [5.74, 6) is -1.06. The Balaban J connectivity index is 1.61. The van der Waals surface area contributed by atoms with Gasteiger partial charge in [0.15, 0.2) is 0 Å². The molecular formula is C25H31N3O3. The lowest BCUT2D eigenvalue weighted by Crippen LogP contribution is -2.55. The largest absolute Gasteiger partial charge is 0.346 e. The van der Waals surface area contributed by atoms with Crippen LogP contribution >= 0.6 is 0 Å². The number of carbonyl (C=O) groups excluding carboxylic acids is 3. The molecule has 6 nitrogen and oxygen atoms in total. The van der Waals surface area contributed by atoms with Crippen molar-refractivity contribution in [2.75, 3.05) is 13.1 Å². The first kappa shape index (κ1) is 22.5. The van der Waals surface area contributed by atoms with E-state index in [4.69, 9.17) is 0 Å². The van der Waals surface area contributed by atoms with Gasteiger partial charge in [0.05, 0.1) is 6.04 Å². The van der Waals surface area contributed by atoms with E-state index >= 15 is 0 Å². The zero-order valence-electron chi connectivity index (χ0n) is 18.9. The standard InChI is InChI=1S/C25H31N3O3/c1-16(2)28-13-12-27(24(30)25(28)31)15-20-7-9-21(10-8-20)23(29)26-19(5)22-11-6-17(3)14-18(22)4/h6-11,14,16,19H,12-13,15H2,1-5H3,(H,26,29). The molecule has 0 bridgehead atoms. The summed E-state index contributed by atoms with van der Waals surface area (Å²) in [6.07, 6.45) is 0. The Labute approximate surface area is 184 Å². The van der Waals surface area contributed by atoms with E-state index in [1.807, 2.05) is 45.9 Å². The van der Waals surface area contributed by atoms with E-state index in [1.165, 1.54) is 5.56 Å². The highest BCUT2D eigenvalue weighted by Gasteiger charge is 2.33. The highest BCUT2D eigenvalue weighted by atomic mass is 16.2. The van der Waals surface area contributed by atoms with Crippen molar-refractivity contribution in [1.82, 2.24) is 15.1 Å². The molecular weight excluding hydrogens is 390 g/mol. The van der Waals surface area contributed by atoms with Crippen LogP contribution in [-0.4, -0.2) is 46.7 Å². The fraction of sp³-hybridized carbons (Fsp3) is 0.400. The summed E-state index contributed by atoms with van der Waals surface area (Å²) >= 11 is 0. The number of benzene rings is 2. The van der Waals surface area contributed by atoms with Crippen LogP contribution in [0.2, 0.25) is 0 Å². The molecule has 6 heteroatoms. The Bertz CT molecular complexity index is 982. The van der Waals surface area contributed by atoms with Crippen LogP contribution in [0, 0.1) is 13.8 Å². The fourth-order valence-electron chi connectivity index (χ4n) is 3.98. The number of aryl methyl sites for hydroxylation is 2. The van der Waals surface area contributed by atoms with Gasteiger partial charge in [0, 0.05) is 31.2 Å². The molecule has 3 amide bonds. The third kappa shape index (κ3) is 5.13. The van der Waals surface area contributed by atoms with Crippen LogP contribution in [0.3, 0.4) is 0 Å². The first-order valence-corrected chi connectivity index (χ1v) is 10.7. The second kappa shape index (κ2) is 9.33. The fourth-order valence-corrected chi connectivity index (χ4v) is 3.98. The van der Waals surface area contributed by atoms with E-state index in [0.717, 1.165) is 16.7 Å². The van der Waals surface area contributed by atoms with Crippen LogP contribution in [-0.2, 0) is 16.1 Å². The summed E-state index contributed by atoms with van der Waals surface area (Å²) in [5, 5.41) is 3.05. The molecule has 0 spiro atoms. The third-order valence-corrected chi connectivity index (χ3v) is 5.79. The molecule has 2 aromatic rings. The number of carbonyl (C=O) groups is 3. The molecule has 1 heterocycles. The molecule has 31 heavy (non-hydrogen) atoms. The minimum absolute atomic E-state index is 0.0162. The molecule has 164 valence electrons. The van der Waals surface area contributed by atoms with Crippen molar-refractivity contribution >= 4 is 17.7 Å². The molecule has 0 aliphatic carbocycles. The van der Waals surface area contributed by atoms with Crippen LogP contribution in [0.15, 0.2) is 42.5 Å². The summed E-state index contributed by atoms with van der Waals surface area (Å²) < 4.78 is 0. The average molecular weight is 422 g/mol. The van der Waals surface area contributed by atoms with Crippen LogP contribution < -0.4 is 5.32 Å². The molecule has 0 saturated carbocycles. The van der Waals surface area contributed by atoms with Gasteiger partial charge in [0.25, 0.3) is 5.91 Å². The van der Waals surface area contributed by atoms with Crippen LogP contribution in [0.4, 0.5) is 0 Å². The molecule has 3 rings (SSSR count). The van der Waals surface area contributed by atoms with Gasteiger partial charge >= 0.3 is 11.8 Å². The second-order valence-corrected chi connectivity index (χ2v) is 8.57. The summed E-state index contributed by atoms with van der Waals surface area (Å²) in [6.45, 7) is 11.3. The van der Waals surface area contributed by atoms with Crippen LogP contribution in [0.5, 0.6) is 0 Å². The van der Waals surface area contributed by atoms with Crippen molar-refractivity contribution in [3.8, 4) is 0 Å². The van der Waals surface area contributed by atoms with Crippen molar-refractivity contribution in [2.24, 2.45) is 0 Å². The Kier molecular flexibility index (Phi) is 6.78. The van der Waals surface area contributed by atoms with Crippen molar-refractivity contribution in [3.63, 3.8) is 0 Å². The Hall–Kier alpha value is -3.15. The Morgan fingerprint density at radius 3 is 2.26 bits per heavy atom. The average Bonchev–Trinajstić information content (AvgIpc) is 2.71. The lowest BCUT2D eigenvalue weighted by molar-refractivity contribution is -0.157. The van der Waals surface area contributed by atoms with E-state index in [9.17, 15) is 14.4 Å². The number of hydrogen-bond acceptors (Lipinski definition) is 3. The monoisotopic (exact) mass is 421 g/mol. The summed E-state index contributed by atoms with van der Waals surface area (Å²) in [4.78, 5) is 40.5. The molecule has 1 aliphatic rings. The summed E-state index contributed by atoms with van der Waals surface area (Å²) in [5.41, 5.74) is 4.89. The molecule has 2 aromatic carbocycles. The van der Waals surface area contributed by atoms with Crippen molar-refractivity contribution in [2.45, 2.75) is 53.2 Å². The SMILES string of the molecule is Cc1ccc(C(C)NC(=O)c2ccc(CN3CCN(C(C)C)C(=O)C3=O)cc2)c(C)c1. The molecule has 1 aliphatic heterocycles. The van der Waals surface area contributed by atoms with Gasteiger partial charge in [-0.25, -0.2) is 0 Å². The van der Waals surface area contributed by atoms with Gasteiger partial charge in [0.1, 0.15) is 0 Å². The Morgan fingerprint density at radius 2 is 1.65 bits per heavy atom. The van der Waals surface area contributed by atoms with Gasteiger partial charge in [-0.05, 0) is 63.4 Å². The van der Waals surface area contributed by atoms with Gasteiger partial charge in [-0.3, -0.25) is 14.4 Å². The lowest BCUT2D eigenvalue weighted by atomic mass is 10.00. The van der Waals surface area contributed by atoms with Crippen LogP contribution in [0.1, 0.15) is 59.4 Å². The first-order valence-electron chi connectivity index (χ1n) is 10.7.